The van der Waals surface area contributed by atoms with Crippen LogP contribution in [0, 0.1) is 17.8 Å². The molecule has 0 bridgehead atoms. The summed E-state index contributed by atoms with van der Waals surface area (Å²) in [7, 11) is 0. The Kier molecular flexibility index (Phi) is 5.46. The van der Waals surface area contributed by atoms with Crippen molar-refractivity contribution >= 4 is 16.7 Å². The highest BCUT2D eigenvalue weighted by atomic mass is 16.3. The van der Waals surface area contributed by atoms with Crippen LogP contribution in [0.25, 0.3) is 10.8 Å². The summed E-state index contributed by atoms with van der Waals surface area (Å²) >= 11 is 0. The van der Waals surface area contributed by atoms with Crippen molar-refractivity contribution in [3.05, 3.63) is 83.9 Å². The Morgan fingerprint density at radius 3 is 2.32 bits per heavy atom. The van der Waals surface area contributed by atoms with Crippen LogP contribution < -0.4 is 5.32 Å². The Morgan fingerprint density at radius 2 is 1.59 bits per heavy atom. The van der Waals surface area contributed by atoms with Crippen molar-refractivity contribution in [2.45, 2.75) is 50.3 Å². The van der Waals surface area contributed by atoms with Crippen LogP contribution in [-0.4, -0.2) is 35.0 Å². The highest BCUT2D eigenvalue weighted by molar-refractivity contribution is 5.87. The molecule has 2 aliphatic carbocycles. The van der Waals surface area contributed by atoms with Gasteiger partial charge in [0.15, 0.2) is 5.60 Å². The SMILES string of the molecule is CC(c1cccc2ccccc12)N1CC2C(NC(=O)C(O)(c3ccccc3)C3CCCC3)[C@@H]2C1. The van der Waals surface area contributed by atoms with Gasteiger partial charge in [-0.05, 0) is 53.5 Å². The van der Waals surface area contributed by atoms with Crippen LogP contribution in [0.1, 0.15) is 49.8 Å². The lowest BCUT2D eigenvalue weighted by atomic mass is 9.79. The number of aliphatic hydroxyl groups is 1. The van der Waals surface area contributed by atoms with E-state index in [1.807, 2.05) is 30.3 Å². The molecule has 1 heterocycles. The molecule has 0 spiro atoms. The van der Waals surface area contributed by atoms with E-state index in [9.17, 15) is 9.90 Å². The molecule has 0 aromatic heterocycles. The summed E-state index contributed by atoms with van der Waals surface area (Å²) in [5.74, 6) is 0.755. The van der Waals surface area contributed by atoms with Gasteiger partial charge in [0.25, 0.3) is 5.91 Å². The second kappa shape index (κ2) is 8.51. The first-order valence-electron chi connectivity index (χ1n) is 12.9. The number of carbonyl (C=O) groups is 1. The second-order valence-electron chi connectivity index (χ2n) is 10.6. The maximum atomic E-state index is 13.5. The molecule has 4 nitrogen and oxygen atoms in total. The third-order valence-electron chi connectivity index (χ3n) is 8.85. The minimum absolute atomic E-state index is 0.00336. The molecule has 5 atom stereocenters. The minimum Gasteiger partial charge on any atom is -0.375 e. The number of nitrogens with one attached hydrogen (secondary N) is 1. The average molecular weight is 455 g/mol. The average Bonchev–Trinajstić information content (AvgIpc) is 3.29. The number of carbonyl (C=O) groups excluding carboxylic acids is 1. The molecule has 3 fully saturated rings. The second-order valence-corrected chi connectivity index (χ2v) is 10.6. The summed E-state index contributed by atoms with van der Waals surface area (Å²) < 4.78 is 0. The van der Waals surface area contributed by atoms with E-state index in [2.05, 4.69) is 59.6 Å². The van der Waals surface area contributed by atoms with Gasteiger partial charge < -0.3 is 10.4 Å². The predicted molar refractivity (Wildman–Crippen MR) is 135 cm³/mol. The van der Waals surface area contributed by atoms with Gasteiger partial charge >= 0.3 is 0 Å². The fourth-order valence-electron chi connectivity index (χ4n) is 6.75. The van der Waals surface area contributed by atoms with Gasteiger partial charge in [-0.3, -0.25) is 9.69 Å². The fraction of sp³-hybridized carbons (Fsp3) is 0.433. The summed E-state index contributed by atoms with van der Waals surface area (Å²) in [6.07, 6.45) is 3.99. The highest BCUT2D eigenvalue weighted by Gasteiger charge is 2.59. The van der Waals surface area contributed by atoms with E-state index >= 15 is 0 Å². The largest absolute Gasteiger partial charge is 0.375 e. The number of fused-ring (bicyclic) bond motifs is 2. The van der Waals surface area contributed by atoms with E-state index in [0.29, 0.717) is 17.9 Å². The Morgan fingerprint density at radius 1 is 0.941 bits per heavy atom. The number of benzene rings is 3. The van der Waals surface area contributed by atoms with Crippen LogP contribution in [0.2, 0.25) is 0 Å². The molecule has 3 aromatic rings. The molecule has 34 heavy (non-hydrogen) atoms. The first-order valence-corrected chi connectivity index (χ1v) is 12.9. The monoisotopic (exact) mass is 454 g/mol. The first kappa shape index (κ1) is 21.8. The van der Waals surface area contributed by atoms with Gasteiger partial charge in [-0.1, -0.05) is 85.6 Å². The molecule has 176 valence electrons. The topological polar surface area (TPSA) is 52.6 Å². The van der Waals surface area contributed by atoms with Crippen LogP contribution in [-0.2, 0) is 10.4 Å². The summed E-state index contributed by atoms with van der Waals surface area (Å²) in [4.78, 5) is 16.1. The van der Waals surface area contributed by atoms with Crippen molar-refractivity contribution in [2.24, 2.45) is 17.8 Å². The van der Waals surface area contributed by atoms with Crippen molar-refractivity contribution < 1.29 is 9.90 Å². The van der Waals surface area contributed by atoms with Crippen molar-refractivity contribution in [2.75, 3.05) is 13.1 Å². The van der Waals surface area contributed by atoms with Gasteiger partial charge in [0.1, 0.15) is 0 Å². The van der Waals surface area contributed by atoms with Crippen LogP contribution in [0.3, 0.4) is 0 Å². The van der Waals surface area contributed by atoms with Crippen LogP contribution >= 0.6 is 0 Å². The molecular formula is C30H34N2O2. The van der Waals surface area contributed by atoms with Crippen molar-refractivity contribution in [1.82, 2.24) is 10.2 Å². The van der Waals surface area contributed by atoms with E-state index in [1.165, 1.54) is 16.3 Å². The maximum Gasteiger partial charge on any atom is 0.257 e. The fourth-order valence-corrected chi connectivity index (χ4v) is 6.75. The van der Waals surface area contributed by atoms with E-state index in [1.54, 1.807) is 0 Å². The Hall–Kier alpha value is -2.69. The number of nitrogens with zero attached hydrogens (tertiary/aromatic N) is 1. The molecule has 2 N–H and O–H groups in total. The van der Waals surface area contributed by atoms with Crippen molar-refractivity contribution in [3.8, 4) is 0 Å². The van der Waals surface area contributed by atoms with Crippen molar-refractivity contribution in [3.63, 3.8) is 0 Å². The lowest BCUT2D eigenvalue weighted by molar-refractivity contribution is -0.147. The maximum absolute atomic E-state index is 13.5. The molecule has 6 rings (SSSR count). The Balaban J connectivity index is 1.15. The summed E-state index contributed by atoms with van der Waals surface area (Å²) in [5, 5.41) is 17.7. The number of piperidine rings is 1. The number of likely N-dealkylation sites (tertiary alicyclic amines) is 1. The van der Waals surface area contributed by atoms with Crippen LogP contribution in [0.15, 0.2) is 72.8 Å². The molecule has 1 amide bonds. The van der Waals surface area contributed by atoms with Gasteiger partial charge in [-0.2, -0.15) is 0 Å². The van der Waals surface area contributed by atoms with Gasteiger partial charge in [0.2, 0.25) is 0 Å². The highest BCUT2D eigenvalue weighted by Crippen LogP contribution is 2.49. The molecule has 1 saturated heterocycles. The summed E-state index contributed by atoms with van der Waals surface area (Å²) in [5.41, 5.74) is 0.681. The molecule has 4 unspecified atom stereocenters. The molecule has 3 aliphatic rings. The summed E-state index contributed by atoms with van der Waals surface area (Å²) in [6.45, 7) is 4.29. The van der Waals surface area contributed by atoms with E-state index in [4.69, 9.17) is 0 Å². The van der Waals surface area contributed by atoms with Gasteiger partial charge in [0, 0.05) is 31.1 Å². The zero-order chi connectivity index (χ0) is 23.3. The molecule has 1 aliphatic heterocycles. The Bertz CT molecular complexity index is 1170. The summed E-state index contributed by atoms with van der Waals surface area (Å²) in [6, 6.07) is 25.3. The number of amides is 1. The number of rotatable bonds is 6. The number of hydrogen-bond acceptors (Lipinski definition) is 3. The quantitative estimate of drug-likeness (QED) is 0.550. The van der Waals surface area contributed by atoms with E-state index in [-0.39, 0.29) is 17.9 Å². The van der Waals surface area contributed by atoms with Gasteiger partial charge in [-0.15, -0.1) is 0 Å². The molecular weight excluding hydrogens is 420 g/mol. The first-order chi connectivity index (χ1) is 16.6. The van der Waals surface area contributed by atoms with Gasteiger partial charge in [0.05, 0.1) is 0 Å². The predicted octanol–water partition coefficient (Wildman–Crippen LogP) is 5.03. The normalized spacial score (nSPS) is 27.3. The van der Waals surface area contributed by atoms with E-state index in [0.717, 1.165) is 44.3 Å². The molecule has 4 heteroatoms. The molecule has 2 saturated carbocycles. The van der Waals surface area contributed by atoms with E-state index < -0.39 is 5.60 Å². The van der Waals surface area contributed by atoms with Crippen LogP contribution in [0.5, 0.6) is 0 Å². The van der Waals surface area contributed by atoms with Gasteiger partial charge in [-0.25, -0.2) is 0 Å². The zero-order valence-corrected chi connectivity index (χ0v) is 19.9. The lowest BCUT2D eigenvalue weighted by Crippen LogP contribution is -2.51. The smallest absolute Gasteiger partial charge is 0.257 e. The Labute approximate surface area is 202 Å². The van der Waals surface area contributed by atoms with Crippen LogP contribution in [0.4, 0.5) is 0 Å². The lowest BCUT2D eigenvalue weighted by Gasteiger charge is -2.34. The number of hydrogen-bond donors (Lipinski definition) is 2. The molecule has 0 radical (unpaired) electrons. The third kappa shape index (κ3) is 3.55. The zero-order valence-electron chi connectivity index (χ0n) is 19.9. The third-order valence-corrected chi connectivity index (χ3v) is 8.85. The standard InChI is InChI=1S/C30H34N2O2/c1-20(24-17-9-11-21-10-5-8-16-25(21)24)32-18-26-27(19-32)28(26)31-29(33)30(34,23-14-6-7-15-23)22-12-3-2-4-13-22/h2-5,8-13,16-17,20,23,26-28,34H,6-7,14-15,18-19H2,1H3,(H,31,33)/t20?,26-,27?,28?,30?/m1/s1. The minimum atomic E-state index is -1.43. The van der Waals surface area contributed by atoms with Crippen molar-refractivity contribution in [1.29, 1.82) is 0 Å². The molecule has 3 aromatic carbocycles.